The van der Waals surface area contributed by atoms with Gasteiger partial charge >= 0.3 is 0 Å². The molecule has 1 aliphatic rings. The van der Waals surface area contributed by atoms with Crippen LogP contribution in [0.5, 0.6) is 0 Å². The molecule has 25 heavy (non-hydrogen) atoms. The van der Waals surface area contributed by atoms with Crippen LogP contribution in [0.4, 0.5) is 0 Å². The van der Waals surface area contributed by atoms with E-state index in [-0.39, 0.29) is 5.91 Å². The van der Waals surface area contributed by atoms with Crippen LogP contribution in [-0.4, -0.2) is 43.5 Å². The Bertz CT molecular complexity index is 526. The van der Waals surface area contributed by atoms with Crippen LogP contribution in [0.25, 0.3) is 0 Å². The van der Waals surface area contributed by atoms with Gasteiger partial charge in [0.2, 0.25) is 0 Å². The van der Waals surface area contributed by atoms with Gasteiger partial charge < -0.3 is 16.0 Å². The Morgan fingerprint density at radius 3 is 2.64 bits per heavy atom. The molecule has 1 amide bonds. The number of aromatic nitrogens is 1. The van der Waals surface area contributed by atoms with Crippen molar-refractivity contribution in [2.45, 2.75) is 44.9 Å². The second kappa shape index (κ2) is 11.4. The number of amides is 1. The van der Waals surface area contributed by atoms with Crippen molar-refractivity contribution < 1.29 is 4.79 Å². The van der Waals surface area contributed by atoms with Crippen LogP contribution >= 0.6 is 0 Å². The number of rotatable bonds is 9. The molecule has 1 aliphatic carbocycles. The van der Waals surface area contributed by atoms with Crippen molar-refractivity contribution >= 4 is 11.9 Å². The molecule has 0 aromatic carbocycles. The maximum absolute atomic E-state index is 11.9. The summed E-state index contributed by atoms with van der Waals surface area (Å²) in [6, 6.07) is 3.51. The highest BCUT2D eigenvalue weighted by molar-refractivity contribution is 5.93. The van der Waals surface area contributed by atoms with E-state index in [9.17, 15) is 4.79 Å². The monoisotopic (exact) mass is 345 g/mol. The standard InChI is InChI=1S/C19H31N5O/c1-20-19(23-12-5-4-9-16-7-2-3-8-16)24-14-13-22-18(25)17-10-6-11-21-15-17/h6,10-11,15-16H,2-5,7-9,12-14H2,1H3,(H,22,25)(H2,20,23,24). The lowest BCUT2D eigenvalue weighted by Gasteiger charge is -2.13. The van der Waals surface area contributed by atoms with E-state index in [1.54, 1.807) is 31.6 Å². The minimum atomic E-state index is -0.107. The molecule has 3 N–H and O–H groups in total. The fourth-order valence-electron chi connectivity index (χ4n) is 3.24. The fraction of sp³-hybridized carbons (Fsp3) is 0.632. The van der Waals surface area contributed by atoms with Crippen molar-refractivity contribution in [3.05, 3.63) is 30.1 Å². The van der Waals surface area contributed by atoms with E-state index < -0.39 is 0 Å². The minimum absolute atomic E-state index is 0.107. The number of pyridine rings is 1. The van der Waals surface area contributed by atoms with Gasteiger partial charge in [0, 0.05) is 39.1 Å². The first-order valence-electron chi connectivity index (χ1n) is 9.42. The van der Waals surface area contributed by atoms with E-state index in [0.717, 1.165) is 18.4 Å². The summed E-state index contributed by atoms with van der Waals surface area (Å²) in [6.07, 6.45) is 12.8. The molecule has 0 atom stereocenters. The molecule has 1 fully saturated rings. The lowest BCUT2D eigenvalue weighted by Crippen LogP contribution is -2.41. The zero-order valence-electron chi connectivity index (χ0n) is 15.3. The molecule has 6 nitrogen and oxygen atoms in total. The third-order valence-corrected chi connectivity index (χ3v) is 4.66. The van der Waals surface area contributed by atoms with Gasteiger partial charge in [-0.1, -0.05) is 38.5 Å². The van der Waals surface area contributed by atoms with E-state index in [1.165, 1.54) is 44.9 Å². The third kappa shape index (κ3) is 7.54. The number of hydrogen-bond acceptors (Lipinski definition) is 3. The summed E-state index contributed by atoms with van der Waals surface area (Å²) in [6.45, 7) is 2.11. The van der Waals surface area contributed by atoms with E-state index in [2.05, 4.69) is 25.9 Å². The van der Waals surface area contributed by atoms with Gasteiger partial charge in [-0.15, -0.1) is 0 Å². The van der Waals surface area contributed by atoms with Gasteiger partial charge in [-0.05, 0) is 24.5 Å². The summed E-state index contributed by atoms with van der Waals surface area (Å²) >= 11 is 0. The minimum Gasteiger partial charge on any atom is -0.356 e. The Morgan fingerprint density at radius 2 is 1.92 bits per heavy atom. The molecule has 138 valence electrons. The second-order valence-corrected chi connectivity index (χ2v) is 6.57. The molecule has 0 radical (unpaired) electrons. The van der Waals surface area contributed by atoms with Crippen LogP contribution in [0.3, 0.4) is 0 Å². The molecular formula is C19H31N5O. The second-order valence-electron chi connectivity index (χ2n) is 6.57. The Balaban J connectivity index is 1.50. The molecule has 1 heterocycles. The average Bonchev–Trinajstić information content (AvgIpc) is 3.17. The van der Waals surface area contributed by atoms with Crippen molar-refractivity contribution in [3.8, 4) is 0 Å². The predicted molar refractivity (Wildman–Crippen MR) is 102 cm³/mol. The molecule has 1 aromatic rings. The highest BCUT2D eigenvalue weighted by atomic mass is 16.1. The molecule has 1 saturated carbocycles. The smallest absolute Gasteiger partial charge is 0.252 e. The lowest BCUT2D eigenvalue weighted by atomic mass is 10.0. The van der Waals surface area contributed by atoms with Crippen LogP contribution in [0.1, 0.15) is 55.3 Å². The Kier molecular flexibility index (Phi) is 8.80. The summed E-state index contributed by atoms with van der Waals surface area (Å²) in [5, 5.41) is 9.41. The zero-order chi connectivity index (χ0) is 17.7. The van der Waals surface area contributed by atoms with Crippen molar-refractivity contribution in [3.63, 3.8) is 0 Å². The van der Waals surface area contributed by atoms with Crippen LogP contribution < -0.4 is 16.0 Å². The highest BCUT2D eigenvalue weighted by Gasteiger charge is 2.13. The SMILES string of the molecule is CN=C(NCCCCC1CCCC1)NCCNC(=O)c1cccnc1. The van der Waals surface area contributed by atoms with Gasteiger partial charge in [-0.25, -0.2) is 0 Å². The number of aliphatic imine (C=N–C) groups is 1. The first kappa shape index (κ1) is 19.2. The molecular weight excluding hydrogens is 314 g/mol. The normalized spacial score (nSPS) is 15.2. The van der Waals surface area contributed by atoms with Crippen LogP contribution in [0, 0.1) is 5.92 Å². The van der Waals surface area contributed by atoms with Gasteiger partial charge in [0.15, 0.2) is 5.96 Å². The molecule has 0 spiro atoms. The van der Waals surface area contributed by atoms with Gasteiger partial charge in [-0.2, -0.15) is 0 Å². The van der Waals surface area contributed by atoms with Crippen LogP contribution in [0.2, 0.25) is 0 Å². The zero-order valence-corrected chi connectivity index (χ0v) is 15.3. The number of guanidine groups is 1. The van der Waals surface area contributed by atoms with E-state index in [0.29, 0.717) is 18.7 Å². The summed E-state index contributed by atoms with van der Waals surface area (Å²) in [4.78, 5) is 20.0. The number of nitrogens with one attached hydrogen (secondary N) is 3. The number of carbonyl (C=O) groups is 1. The van der Waals surface area contributed by atoms with Crippen molar-refractivity contribution in [2.24, 2.45) is 10.9 Å². The molecule has 0 bridgehead atoms. The van der Waals surface area contributed by atoms with E-state index in [1.807, 2.05) is 0 Å². The topological polar surface area (TPSA) is 78.4 Å². The third-order valence-electron chi connectivity index (χ3n) is 4.66. The predicted octanol–water partition coefficient (Wildman–Crippen LogP) is 2.34. The van der Waals surface area contributed by atoms with Crippen molar-refractivity contribution in [2.75, 3.05) is 26.7 Å². The van der Waals surface area contributed by atoms with Gasteiger partial charge in [0.1, 0.15) is 0 Å². The Morgan fingerprint density at radius 1 is 1.16 bits per heavy atom. The summed E-state index contributed by atoms with van der Waals surface area (Å²) < 4.78 is 0. The maximum Gasteiger partial charge on any atom is 0.252 e. The summed E-state index contributed by atoms with van der Waals surface area (Å²) in [5.74, 6) is 1.65. The molecule has 0 saturated heterocycles. The summed E-state index contributed by atoms with van der Waals surface area (Å²) in [7, 11) is 1.77. The first-order valence-corrected chi connectivity index (χ1v) is 9.42. The number of nitrogens with zero attached hydrogens (tertiary/aromatic N) is 2. The highest BCUT2D eigenvalue weighted by Crippen LogP contribution is 2.28. The first-order chi connectivity index (χ1) is 12.3. The van der Waals surface area contributed by atoms with E-state index >= 15 is 0 Å². The largest absolute Gasteiger partial charge is 0.356 e. The van der Waals surface area contributed by atoms with Crippen molar-refractivity contribution in [1.29, 1.82) is 0 Å². The quantitative estimate of drug-likeness (QED) is 0.365. The Hall–Kier alpha value is -2.11. The van der Waals surface area contributed by atoms with Crippen LogP contribution in [-0.2, 0) is 0 Å². The Labute approximate surface area is 150 Å². The van der Waals surface area contributed by atoms with E-state index in [4.69, 9.17) is 0 Å². The van der Waals surface area contributed by atoms with Crippen LogP contribution in [0.15, 0.2) is 29.5 Å². The number of hydrogen-bond donors (Lipinski definition) is 3. The average molecular weight is 345 g/mol. The molecule has 0 aliphatic heterocycles. The van der Waals surface area contributed by atoms with Gasteiger partial charge in [-0.3, -0.25) is 14.8 Å². The molecule has 0 unspecified atom stereocenters. The fourth-order valence-corrected chi connectivity index (χ4v) is 3.24. The van der Waals surface area contributed by atoms with Crippen molar-refractivity contribution in [1.82, 2.24) is 20.9 Å². The number of carbonyl (C=O) groups excluding carboxylic acids is 1. The van der Waals surface area contributed by atoms with Gasteiger partial charge in [0.25, 0.3) is 5.91 Å². The lowest BCUT2D eigenvalue weighted by molar-refractivity contribution is 0.0954. The molecule has 1 aromatic heterocycles. The van der Waals surface area contributed by atoms with Gasteiger partial charge in [0.05, 0.1) is 5.56 Å². The summed E-state index contributed by atoms with van der Waals surface area (Å²) in [5.41, 5.74) is 0.576. The maximum atomic E-state index is 11.9. The molecule has 2 rings (SSSR count). The molecule has 6 heteroatoms. The number of unbranched alkanes of at least 4 members (excludes halogenated alkanes) is 1.